The molecule has 1 aliphatic rings. The van der Waals surface area contributed by atoms with E-state index in [1.807, 2.05) is 0 Å². The molecule has 0 aromatic heterocycles. The number of ether oxygens (including phenoxy) is 1. The summed E-state index contributed by atoms with van der Waals surface area (Å²) >= 11 is 0. The average molecular weight is 265 g/mol. The first-order valence-electron chi connectivity index (χ1n) is 5.05. The van der Waals surface area contributed by atoms with Crippen molar-refractivity contribution in [2.75, 3.05) is 13.2 Å². The number of nitrogens with zero attached hydrogens (tertiary/aromatic N) is 1. The van der Waals surface area contributed by atoms with E-state index in [2.05, 4.69) is 4.74 Å². The molecule has 0 aliphatic carbocycles. The second kappa shape index (κ2) is 5.65. The summed E-state index contributed by atoms with van der Waals surface area (Å²) in [6.45, 7) is -0.474. The zero-order valence-corrected chi connectivity index (χ0v) is 9.20. The van der Waals surface area contributed by atoms with Crippen LogP contribution in [0, 0.1) is 0 Å². The summed E-state index contributed by atoms with van der Waals surface area (Å²) in [6, 6.07) is 0. The maximum absolute atomic E-state index is 11.8. The molecule has 5 nitrogen and oxygen atoms in total. The van der Waals surface area contributed by atoms with Crippen LogP contribution in [-0.2, 0) is 19.1 Å². The smallest absolute Gasteiger partial charge is 0.389 e. The van der Waals surface area contributed by atoms with Crippen LogP contribution in [0.5, 0.6) is 0 Å². The molecule has 1 rings (SSSR count). The van der Waals surface area contributed by atoms with Crippen LogP contribution in [0.1, 0.15) is 12.8 Å². The zero-order chi connectivity index (χ0) is 13.8. The van der Waals surface area contributed by atoms with Crippen LogP contribution in [0.3, 0.4) is 0 Å². The lowest BCUT2D eigenvalue weighted by Gasteiger charge is -2.13. The molecular formula is C10H10F3NO4. The molecule has 0 aromatic carbocycles. The van der Waals surface area contributed by atoms with Gasteiger partial charge in [0.15, 0.2) is 0 Å². The Labute approximate surface area is 100 Å². The maximum atomic E-state index is 11.8. The summed E-state index contributed by atoms with van der Waals surface area (Å²) in [6.07, 6.45) is -4.32. The Morgan fingerprint density at radius 2 is 1.78 bits per heavy atom. The van der Waals surface area contributed by atoms with Crippen molar-refractivity contribution in [3.05, 3.63) is 12.2 Å². The van der Waals surface area contributed by atoms with E-state index in [0.29, 0.717) is 0 Å². The van der Waals surface area contributed by atoms with Gasteiger partial charge in [0.25, 0.3) is 11.8 Å². The third kappa shape index (κ3) is 4.56. The van der Waals surface area contributed by atoms with Gasteiger partial charge < -0.3 is 4.74 Å². The molecule has 18 heavy (non-hydrogen) atoms. The van der Waals surface area contributed by atoms with Crippen molar-refractivity contribution < 1.29 is 32.3 Å². The number of alkyl halides is 3. The number of hydrogen-bond donors (Lipinski definition) is 0. The first-order valence-corrected chi connectivity index (χ1v) is 5.05. The maximum Gasteiger partial charge on any atom is 0.389 e. The Hall–Kier alpha value is -1.86. The SMILES string of the molecule is O=C(CCC(F)(F)F)OCCN1C(=O)C=CC1=O. The van der Waals surface area contributed by atoms with Crippen LogP contribution < -0.4 is 0 Å². The van der Waals surface area contributed by atoms with Crippen molar-refractivity contribution in [2.24, 2.45) is 0 Å². The monoisotopic (exact) mass is 265 g/mol. The molecule has 0 saturated heterocycles. The molecule has 0 N–H and O–H groups in total. The Morgan fingerprint density at radius 1 is 1.22 bits per heavy atom. The fraction of sp³-hybridized carbons (Fsp3) is 0.500. The molecule has 0 saturated carbocycles. The van der Waals surface area contributed by atoms with E-state index >= 15 is 0 Å². The van der Waals surface area contributed by atoms with Crippen LogP contribution in [0.15, 0.2) is 12.2 Å². The molecule has 2 amide bonds. The standard InChI is InChI=1S/C10H10F3NO4/c11-10(12,13)4-3-9(17)18-6-5-14-7(15)1-2-8(14)16/h1-2H,3-6H2. The van der Waals surface area contributed by atoms with E-state index in [9.17, 15) is 27.6 Å². The third-order valence-electron chi connectivity index (χ3n) is 2.09. The normalized spacial score (nSPS) is 15.4. The molecule has 0 fully saturated rings. The van der Waals surface area contributed by atoms with E-state index in [0.717, 1.165) is 17.1 Å². The van der Waals surface area contributed by atoms with Gasteiger partial charge in [-0.3, -0.25) is 19.3 Å². The molecule has 0 spiro atoms. The Morgan fingerprint density at radius 3 is 2.28 bits per heavy atom. The van der Waals surface area contributed by atoms with Gasteiger partial charge in [0, 0.05) is 12.2 Å². The summed E-state index contributed by atoms with van der Waals surface area (Å²) in [5, 5.41) is 0. The second-order valence-electron chi connectivity index (χ2n) is 3.50. The topological polar surface area (TPSA) is 63.7 Å². The fourth-order valence-electron chi connectivity index (χ4n) is 1.22. The molecule has 100 valence electrons. The molecule has 0 aromatic rings. The van der Waals surface area contributed by atoms with Crippen molar-refractivity contribution in [2.45, 2.75) is 19.0 Å². The number of rotatable bonds is 5. The van der Waals surface area contributed by atoms with Gasteiger partial charge in [0.05, 0.1) is 19.4 Å². The third-order valence-corrected chi connectivity index (χ3v) is 2.09. The molecule has 8 heteroatoms. The minimum atomic E-state index is -4.41. The van der Waals surface area contributed by atoms with Gasteiger partial charge in [-0.15, -0.1) is 0 Å². The first-order chi connectivity index (χ1) is 8.29. The Bertz CT molecular complexity index is 371. The van der Waals surface area contributed by atoms with Crippen molar-refractivity contribution in [3.63, 3.8) is 0 Å². The number of halogens is 3. The van der Waals surface area contributed by atoms with E-state index in [4.69, 9.17) is 0 Å². The van der Waals surface area contributed by atoms with Gasteiger partial charge in [-0.1, -0.05) is 0 Å². The summed E-state index contributed by atoms with van der Waals surface area (Å²) in [4.78, 5) is 33.8. The lowest BCUT2D eigenvalue weighted by Crippen LogP contribution is -2.33. The van der Waals surface area contributed by atoms with Crippen LogP contribution in [0.25, 0.3) is 0 Å². The summed E-state index contributed by atoms with van der Waals surface area (Å²) < 4.78 is 39.8. The van der Waals surface area contributed by atoms with Crippen molar-refractivity contribution in [1.29, 1.82) is 0 Å². The number of hydrogen-bond acceptors (Lipinski definition) is 4. The summed E-state index contributed by atoms with van der Waals surface area (Å²) in [7, 11) is 0. The van der Waals surface area contributed by atoms with Gasteiger partial charge in [0.2, 0.25) is 0 Å². The summed E-state index contributed by atoms with van der Waals surface area (Å²) in [5.74, 6) is -2.09. The molecule has 1 heterocycles. The van der Waals surface area contributed by atoms with Crippen molar-refractivity contribution in [3.8, 4) is 0 Å². The van der Waals surface area contributed by atoms with Gasteiger partial charge in [-0.05, 0) is 0 Å². The van der Waals surface area contributed by atoms with E-state index < -0.39 is 36.8 Å². The van der Waals surface area contributed by atoms with Crippen LogP contribution in [0.2, 0.25) is 0 Å². The lowest BCUT2D eigenvalue weighted by molar-refractivity contribution is -0.158. The number of amides is 2. The second-order valence-corrected chi connectivity index (χ2v) is 3.50. The lowest BCUT2D eigenvalue weighted by atomic mass is 10.3. The zero-order valence-electron chi connectivity index (χ0n) is 9.20. The van der Waals surface area contributed by atoms with Gasteiger partial charge in [0.1, 0.15) is 6.61 Å². The first kappa shape index (κ1) is 14.2. The van der Waals surface area contributed by atoms with E-state index in [-0.39, 0.29) is 13.2 Å². The number of imide groups is 1. The number of carbonyl (C=O) groups excluding carboxylic acids is 3. The van der Waals surface area contributed by atoms with Crippen LogP contribution in [-0.4, -0.2) is 42.0 Å². The van der Waals surface area contributed by atoms with Gasteiger partial charge in [-0.2, -0.15) is 13.2 Å². The number of carbonyl (C=O) groups is 3. The minimum Gasteiger partial charge on any atom is -0.464 e. The molecule has 0 atom stereocenters. The van der Waals surface area contributed by atoms with Gasteiger partial charge >= 0.3 is 12.1 Å². The Kier molecular flexibility index (Phi) is 4.46. The highest BCUT2D eigenvalue weighted by Crippen LogP contribution is 2.21. The predicted molar refractivity (Wildman–Crippen MR) is 52.1 cm³/mol. The molecule has 0 bridgehead atoms. The van der Waals surface area contributed by atoms with Crippen molar-refractivity contribution in [1.82, 2.24) is 4.90 Å². The molecule has 1 aliphatic heterocycles. The fourth-order valence-corrected chi connectivity index (χ4v) is 1.22. The highest BCUT2D eigenvalue weighted by atomic mass is 19.4. The molecular weight excluding hydrogens is 255 g/mol. The highest BCUT2D eigenvalue weighted by molar-refractivity contribution is 6.12. The van der Waals surface area contributed by atoms with E-state index in [1.165, 1.54) is 0 Å². The van der Waals surface area contributed by atoms with Crippen LogP contribution >= 0.6 is 0 Å². The van der Waals surface area contributed by atoms with Gasteiger partial charge in [-0.25, -0.2) is 0 Å². The highest BCUT2D eigenvalue weighted by Gasteiger charge is 2.28. The van der Waals surface area contributed by atoms with E-state index in [1.54, 1.807) is 0 Å². The Balaban J connectivity index is 2.20. The minimum absolute atomic E-state index is 0.164. The van der Waals surface area contributed by atoms with Crippen molar-refractivity contribution >= 4 is 17.8 Å². The average Bonchev–Trinajstić information content (AvgIpc) is 2.57. The van der Waals surface area contributed by atoms with Crippen LogP contribution in [0.4, 0.5) is 13.2 Å². The quantitative estimate of drug-likeness (QED) is 0.544. The molecule has 0 unspecified atom stereocenters. The molecule has 0 radical (unpaired) electrons. The largest absolute Gasteiger partial charge is 0.464 e. The predicted octanol–water partition coefficient (Wildman–Crippen LogP) is 0.797. The summed E-state index contributed by atoms with van der Waals surface area (Å²) in [5.41, 5.74) is 0. The number of esters is 1.